The van der Waals surface area contributed by atoms with Crippen molar-refractivity contribution in [3.63, 3.8) is 0 Å². The molecule has 1 atom stereocenters. The first-order valence-electron chi connectivity index (χ1n) is 7.02. The third kappa shape index (κ3) is 2.68. The van der Waals surface area contributed by atoms with Gasteiger partial charge in [-0.2, -0.15) is 0 Å². The van der Waals surface area contributed by atoms with Gasteiger partial charge in [0.15, 0.2) is 15.7 Å². The molecule has 0 amide bonds. The number of ether oxygens (including phenoxy) is 2. The maximum atomic E-state index is 12.4. The van der Waals surface area contributed by atoms with E-state index in [1.807, 2.05) is 30.3 Å². The molecule has 1 unspecified atom stereocenters. The number of methoxy groups -OCH3 is 2. The summed E-state index contributed by atoms with van der Waals surface area (Å²) in [6.07, 6.45) is 0. The highest BCUT2D eigenvalue weighted by Gasteiger charge is 2.27. The Kier molecular flexibility index (Phi) is 4.59. The number of para-hydroxylation sites is 1. The van der Waals surface area contributed by atoms with E-state index in [2.05, 4.69) is 0 Å². The van der Waals surface area contributed by atoms with Gasteiger partial charge < -0.3 is 14.0 Å². The van der Waals surface area contributed by atoms with Crippen molar-refractivity contribution in [3.05, 3.63) is 54.2 Å². The molecule has 5 nitrogen and oxygen atoms in total. The second-order valence-corrected chi connectivity index (χ2v) is 6.64. The monoisotopic (exact) mass is 363 g/mol. The molecule has 0 saturated carbocycles. The van der Waals surface area contributed by atoms with Crippen LogP contribution in [-0.4, -0.2) is 29.0 Å². The van der Waals surface area contributed by atoms with Gasteiger partial charge in [-0.15, -0.1) is 0 Å². The summed E-state index contributed by atoms with van der Waals surface area (Å²) in [4.78, 5) is 12.6. The first kappa shape index (κ1) is 16.5. The second kappa shape index (κ2) is 6.67. The number of fused-ring (bicyclic) bond motifs is 1. The zero-order valence-electron chi connectivity index (χ0n) is 13.0. The molecule has 24 heavy (non-hydrogen) atoms. The molecule has 3 aromatic rings. The van der Waals surface area contributed by atoms with Crippen LogP contribution in [0.4, 0.5) is 0 Å². The molecule has 0 saturated heterocycles. The smallest absolute Gasteiger partial charge is 0.356 e. The summed E-state index contributed by atoms with van der Waals surface area (Å²) in [5, 5.41) is 0.576. The van der Waals surface area contributed by atoms with Crippen LogP contribution in [0.25, 0.3) is 16.6 Å². The van der Waals surface area contributed by atoms with Crippen LogP contribution in [0.5, 0.6) is 5.75 Å². The van der Waals surface area contributed by atoms with Crippen LogP contribution >= 0.6 is 10.7 Å². The Hall–Kier alpha value is -2.31. The Morgan fingerprint density at radius 1 is 1.12 bits per heavy atom. The van der Waals surface area contributed by atoms with E-state index in [9.17, 15) is 9.00 Å². The van der Waals surface area contributed by atoms with Crippen LogP contribution < -0.4 is 4.74 Å². The molecule has 0 N–H and O–H groups in total. The zero-order chi connectivity index (χ0) is 17.3. The van der Waals surface area contributed by atoms with E-state index in [-0.39, 0.29) is 10.6 Å². The number of aromatic nitrogens is 1. The third-order valence-corrected chi connectivity index (χ3v) is 4.88. The summed E-state index contributed by atoms with van der Waals surface area (Å²) in [5.41, 5.74) is 1.56. The fourth-order valence-electron chi connectivity index (χ4n) is 2.66. The van der Waals surface area contributed by atoms with Crippen molar-refractivity contribution in [2.75, 3.05) is 14.2 Å². The Labute approximate surface area is 145 Å². The van der Waals surface area contributed by atoms with Crippen LogP contribution in [0.1, 0.15) is 10.5 Å². The van der Waals surface area contributed by atoms with Crippen LogP contribution in [0, 0.1) is 0 Å². The lowest BCUT2D eigenvalue weighted by molar-refractivity contribution is 0.0588. The van der Waals surface area contributed by atoms with Gasteiger partial charge >= 0.3 is 5.97 Å². The van der Waals surface area contributed by atoms with Crippen molar-refractivity contribution in [3.8, 4) is 11.4 Å². The summed E-state index contributed by atoms with van der Waals surface area (Å²) in [6.45, 7) is 0. The lowest BCUT2D eigenvalue weighted by Crippen LogP contribution is -2.11. The predicted molar refractivity (Wildman–Crippen MR) is 93.4 cm³/mol. The fourth-order valence-corrected chi connectivity index (χ4v) is 3.79. The maximum Gasteiger partial charge on any atom is 0.356 e. The summed E-state index contributed by atoms with van der Waals surface area (Å²) in [6, 6.07) is 14.5. The van der Waals surface area contributed by atoms with E-state index in [1.54, 1.807) is 22.8 Å². The average molecular weight is 364 g/mol. The van der Waals surface area contributed by atoms with Crippen molar-refractivity contribution >= 4 is 37.6 Å². The van der Waals surface area contributed by atoms with Crippen molar-refractivity contribution < 1.29 is 18.5 Å². The lowest BCUT2D eigenvalue weighted by Gasteiger charge is -2.10. The van der Waals surface area contributed by atoms with Gasteiger partial charge in [-0.1, -0.05) is 18.2 Å². The highest BCUT2D eigenvalue weighted by molar-refractivity contribution is 8.08. The number of esters is 1. The van der Waals surface area contributed by atoms with Crippen molar-refractivity contribution in [1.29, 1.82) is 0 Å². The van der Waals surface area contributed by atoms with Gasteiger partial charge in [-0.25, -0.2) is 9.00 Å². The average Bonchev–Trinajstić information content (AvgIpc) is 2.96. The number of carbonyl (C=O) groups is 1. The molecule has 0 radical (unpaired) electrons. The molecule has 124 valence electrons. The molecule has 1 aromatic heterocycles. The number of halogens is 1. The molecule has 0 fully saturated rings. The number of hydrogen-bond donors (Lipinski definition) is 0. The number of benzene rings is 2. The van der Waals surface area contributed by atoms with Crippen LogP contribution in [0.3, 0.4) is 0 Å². The Morgan fingerprint density at radius 3 is 2.42 bits per heavy atom. The van der Waals surface area contributed by atoms with Crippen molar-refractivity contribution in [2.24, 2.45) is 0 Å². The third-order valence-electron chi connectivity index (χ3n) is 3.68. The first-order valence-corrected chi connectivity index (χ1v) is 9.00. The number of hydrogen-bond acceptors (Lipinski definition) is 4. The van der Waals surface area contributed by atoms with Crippen molar-refractivity contribution in [2.45, 2.75) is 4.90 Å². The minimum absolute atomic E-state index is 0.139. The van der Waals surface area contributed by atoms with Crippen LogP contribution in [-0.2, 0) is 14.7 Å². The van der Waals surface area contributed by atoms with E-state index >= 15 is 0 Å². The second-order valence-electron chi connectivity index (χ2n) is 4.95. The quantitative estimate of drug-likeness (QED) is 0.524. The summed E-state index contributed by atoms with van der Waals surface area (Å²) >= 11 is 0. The largest absolute Gasteiger partial charge is 0.497 e. The molecule has 0 bridgehead atoms. The molecular formula is C17H14ClNO4S. The SMILES string of the molecule is COC(=O)c1c(S(=O)Cl)c2cc(OC)ccc2n1-c1ccccc1. The van der Waals surface area contributed by atoms with Gasteiger partial charge in [-0.05, 0) is 41.0 Å². The van der Waals surface area contributed by atoms with Gasteiger partial charge in [0, 0.05) is 11.1 Å². The molecular weight excluding hydrogens is 350 g/mol. The minimum atomic E-state index is -1.91. The Balaban J connectivity index is 2.48. The van der Waals surface area contributed by atoms with E-state index in [4.69, 9.17) is 20.2 Å². The topological polar surface area (TPSA) is 57.5 Å². The molecule has 3 rings (SSSR count). The van der Waals surface area contributed by atoms with Gasteiger partial charge in [0.1, 0.15) is 5.75 Å². The van der Waals surface area contributed by atoms with E-state index in [1.165, 1.54) is 14.2 Å². The van der Waals surface area contributed by atoms with Crippen LogP contribution in [0.15, 0.2) is 53.4 Å². The highest BCUT2D eigenvalue weighted by Crippen LogP contribution is 2.35. The van der Waals surface area contributed by atoms with Crippen molar-refractivity contribution in [1.82, 2.24) is 4.57 Å². The lowest BCUT2D eigenvalue weighted by atomic mass is 10.2. The van der Waals surface area contributed by atoms with Gasteiger partial charge in [0.05, 0.1) is 24.6 Å². The molecule has 7 heteroatoms. The fraction of sp³-hybridized carbons (Fsp3) is 0.118. The Bertz CT molecular complexity index is 937. The van der Waals surface area contributed by atoms with Gasteiger partial charge in [0.2, 0.25) is 0 Å². The number of nitrogens with zero attached hydrogens (tertiary/aromatic N) is 1. The molecule has 0 spiro atoms. The summed E-state index contributed by atoms with van der Waals surface area (Å²) < 4.78 is 24.0. The number of carbonyl (C=O) groups excluding carboxylic acids is 1. The zero-order valence-corrected chi connectivity index (χ0v) is 14.6. The minimum Gasteiger partial charge on any atom is -0.497 e. The standard InChI is InChI=1S/C17H14ClNO4S/c1-22-12-8-9-14-13(10-12)16(24(18)21)15(17(20)23-2)19(14)11-6-4-3-5-7-11/h3-10H,1-2H3. The summed E-state index contributed by atoms with van der Waals surface area (Å²) in [7, 11) is 6.80. The molecule has 0 aliphatic rings. The predicted octanol–water partition coefficient (Wildman–Crippen LogP) is 3.69. The van der Waals surface area contributed by atoms with Gasteiger partial charge in [-0.3, -0.25) is 0 Å². The molecule has 2 aromatic carbocycles. The molecule has 0 aliphatic carbocycles. The molecule has 1 heterocycles. The van der Waals surface area contributed by atoms with Crippen LogP contribution in [0.2, 0.25) is 0 Å². The van der Waals surface area contributed by atoms with E-state index < -0.39 is 16.0 Å². The Morgan fingerprint density at radius 2 is 1.83 bits per heavy atom. The molecule has 0 aliphatic heterocycles. The maximum absolute atomic E-state index is 12.4. The van der Waals surface area contributed by atoms with Gasteiger partial charge in [0.25, 0.3) is 0 Å². The first-order chi connectivity index (χ1) is 11.6. The highest BCUT2D eigenvalue weighted by atomic mass is 35.7. The number of rotatable bonds is 4. The summed E-state index contributed by atoms with van der Waals surface area (Å²) in [5.74, 6) is -0.0366. The van der Waals surface area contributed by atoms with E-state index in [0.717, 1.165) is 5.69 Å². The van der Waals surface area contributed by atoms with E-state index in [0.29, 0.717) is 16.7 Å². The normalized spacial score (nSPS) is 12.1.